The van der Waals surface area contributed by atoms with Crippen LogP contribution in [0.3, 0.4) is 0 Å². The van der Waals surface area contributed by atoms with Crippen molar-refractivity contribution in [1.29, 1.82) is 0 Å². The van der Waals surface area contributed by atoms with Crippen LogP contribution in [0, 0.1) is 5.92 Å². The summed E-state index contributed by atoms with van der Waals surface area (Å²) >= 11 is 0. The largest absolute Gasteiger partial charge is 0.416 e. The molecule has 1 aromatic rings. The zero-order valence-corrected chi connectivity index (χ0v) is 11.4. The molecule has 1 aromatic carbocycles. The van der Waals surface area contributed by atoms with Crippen LogP contribution in [-0.4, -0.2) is 23.9 Å². The van der Waals surface area contributed by atoms with Gasteiger partial charge >= 0.3 is 6.18 Å². The number of rotatable bonds is 3. The van der Waals surface area contributed by atoms with Gasteiger partial charge in [0, 0.05) is 13.1 Å². The van der Waals surface area contributed by atoms with Gasteiger partial charge in [-0.15, -0.1) is 0 Å². The number of amides is 1. The van der Waals surface area contributed by atoms with Crippen molar-refractivity contribution in [2.45, 2.75) is 12.6 Å². The molecule has 2 rings (SSSR count). The second kappa shape index (κ2) is 6.16. The van der Waals surface area contributed by atoms with Gasteiger partial charge < -0.3 is 4.90 Å². The zero-order chi connectivity index (χ0) is 15.5. The summed E-state index contributed by atoms with van der Waals surface area (Å²) in [5.74, 6) is 0.0633. The molecular formula is C16H16F3NO. The van der Waals surface area contributed by atoms with Crippen LogP contribution in [0.1, 0.15) is 17.5 Å². The Morgan fingerprint density at radius 1 is 1.38 bits per heavy atom. The Kier molecular flexibility index (Phi) is 4.50. The lowest BCUT2D eigenvalue weighted by atomic mass is 10.1. The Hall–Kier alpha value is -2.04. The van der Waals surface area contributed by atoms with Crippen LogP contribution in [0.4, 0.5) is 13.2 Å². The molecule has 2 nitrogen and oxygen atoms in total. The van der Waals surface area contributed by atoms with Gasteiger partial charge in [0.05, 0.1) is 5.56 Å². The van der Waals surface area contributed by atoms with Crippen molar-refractivity contribution in [1.82, 2.24) is 4.90 Å². The molecule has 0 unspecified atom stereocenters. The maximum atomic E-state index is 12.6. The lowest BCUT2D eigenvalue weighted by Gasteiger charge is -2.12. The van der Waals surface area contributed by atoms with E-state index in [1.807, 2.05) is 6.08 Å². The normalized spacial score (nSPS) is 19.2. The minimum absolute atomic E-state index is 0.107. The van der Waals surface area contributed by atoms with Gasteiger partial charge in [-0.05, 0) is 36.1 Å². The fraction of sp³-hybridized carbons (Fsp3) is 0.312. The summed E-state index contributed by atoms with van der Waals surface area (Å²) in [4.78, 5) is 13.1. The molecule has 21 heavy (non-hydrogen) atoms. The molecule has 0 radical (unpaired) electrons. The molecule has 1 aliphatic rings. The van der Waals surface area contributed by atoms with E-state index in [0.29, 0.717) is 18.7 Å². The van der Waals surface area contributed by atoms with Gasteiger partial charge in [0.25, 0.3) is 0 Å². The van der Waals surface area contributed by atoms with E-state index in [1.54, 1.807) is 17.0 Å². The van der Waals surface area contributed by atoms with Crippen LogP contribution in [-0.2, 0) is 11.0 Å². The van der Waals surface area contributed by atoms with Crippen LogP contribution in [0.2, 0.25) is 0 Å². The maximum Gasteiger partial charge on any atom is 0.416 e. The highest BCUT2D eigenvalue weighted by Gasteiger charge is 2.30. The Balaban J connectivity index is 2.02. The van der Waals surface area contributed by atoms with Gasteiger partial charge in [-0.2, -0.15) is 13.2 Å². The Morgan fingerprint density at radius 3 is 2.81 bits per heavy atom. The van der Waals surface area contributed by atoms with E-state index in [0.717, 1.165) is 18.6 Å². The standard InChI is InChI=1S/C16H16F3NO/c1-2-15(21)20-9-8-13(11-20)7-6-12-4-3-5-14(10-12)16(17,18)19/h2-7,10,13H,1,8-9,11H2/b7-6-/t13-/m1/s1. The highest BCUT2D eigenvalue weighted by atomic mass is 19.4. The second-order valence-electron chi connectivity index (χ2n) is 5.02. The summed E-state index contributed by atoms with van der Waals surface area (Å²) in [6.07, 6.45) is 1.31. The van der Waals surface area contributed by atoms with Crippen LogP contribution >= 0.6 is 0 Å². The molecule has 0 aromatic heterocycles. The topological polar surface area (TPSA) is 20.3 Å². The third-order valence-electron chi connectivity index (χ3n) is 3.49. The molecular weight excluding hydrogens is 279 g/mol. The van der Waals surface area contributed by atoms with Crippen molar-refractivity contribution < 1.29 is 18.0 Å². The van der Waals surface area contributed by atoms with Gasteiger partial charge in [0.15, 0.2) is 0 Å². The third kappa shape index (κ3) is 3.97. The first kappa shape index (κ1) is 15.4. The number of hydrogen-bond donors (Lipinski definition) is 0. The third-order valence-corrected chi connectivity index (χ3v) is 3.49. The Bertz CT molecular complexity index is 563. The van der Waals surface area contributed by atoms with E-state index in [9.17, 15) is 18.0 Å². The first-order valence-corrected chi connectivity index (χ1v) is 6.67. The molecule has 5 heteroatoms. The van der Waals surface area contributed by atoms with Crippen LogP contribution in [0.25, 0.3) is 6.08 Å². The van der Waals surface area contributed by atoms with Crippen molar-refractivity contribution in [3.05, 3.63) is 54.1 Å². The molecule has 0 N–H and O–H groups in total. The monoisotopic (exact) mass is 295 g/mol. The van der Waals surface area contributed by atoms with Crippen molar-refractivity contribution in [3.8, 4) is 0 Å². The first-order chi connectivity index (χ1) is 9.90. The maximum absolute atomic E-state index is 12.6. The number of carbonyl (C=O) groups excluding carboxylic acids is 1. The van der Waals surface area contributed by atoms with Gasteiger partial charge in [0.2, 0.25) is 5.91 Å². The number of hydrogen-bond acceptors (Lipinski definition) is 1. The number of benzene rings is 1. The van der Waals surface area contributed by atoms with Crippen molar-refractivity contribution in [3.63, 3.8) is 0 Å². The van der Waals surface area contributed by atoms with E-state index in [4.69, 9.17) is 0 Å². The lowest BCUT2D eigenvalue weighted by Crippen LogP contribution is -2.26. The number of likely N-dealkylation sites (tertiary alicyclic amines) is 1. The van der Waals surface area contributed by atoms with Crippen molar-refractivity contribution >= 4 is 12.0 Å². The van der Waals surface area contributed by atoms with Gasteiger partial charge in [-0.25, -0.2) is 0 Å². The summed E-state index contributed by atoms with van der Waals surface area (Å²) in [5, 5.41) is 0. The Morgan fingerprint density at radius 2 is 2.14 bits per heavy atom. The van der Waals surface area contributed by atoms with Crippen LogP contribution < -0.4 is 0 Å². The molecule has 0 bridgehead atoms. The smallest absolute Gasteiger partial charge is 0.339 e. The molecule has 1 heterocycles. The van der Waals surface area contributed by atoms with Gasteiger partial charge in [-0.1, -0.05) is 30.9 Å². The molecule has 1 aliphatic heterocycles. The van der Waals surface area contributed by atoms with Gasteiger partial charge in [-0.3, -0.25) is 4.79 Å². The molecule has 1 saturated heterocycles. The van der Waals surface area contributed by atoms with E-state index < -0.39 is 11.7 Å². The molecule has 0 spiro atoms. The fourth-order valence-corrected chi connectivity index (χ4v) is 2.34. The minimum atomic E-state index is -4.33. The summed E-state index contributed by atoms with van der Waals surface area (Å²) in [6.45, 7) is 4.68. The van der Waals surface area contributed by atoms with E-state index in [-0.39, 0.29) is 11.8 Å². The summed E-state index contributed by atoms with van der Waals surface area (Å²) < 4.78 is 37.8. The van der Waals surface area contributed by atoms with Crippen molar-refractivity contribution in [2.75, 3.05) is 13.1 Å². The van der Waals surface area contributed by atoms with Gasteiger partial charge in [0.1, 0.15) is 0 Å². The summed E-state index contributed by atoms with van der Waals surface area (Å²) in [7, 11) is 0. The predicted molar refractivity (Wildman–Crippen MR) is 75.4 cm³/mol. The quantitative estimate of drug-likeness (QED) is 0.778. The number of nitrogens with zero attached hydrogens (tertiary/aromatic N) is 1. The van der Waals surface area contributed by atoms with Crippen molar-refractivity contribution in [2.24, 2.45) is 5.92 Å². The molecule has 1 atom stereocenters. The molecule has 112 valence electrons. The highest BCUT2D eigenvalue weighted by Crippen LogP contribution is 2.30. The fourth-order valence-electron chi connectivity index (χ4n) is 2.34. The SMILES string of the molecule is C=CC(=O)N1CC[C@@H](/C=C\c2cccc(C(F)(F)F)c2)C1. The lowest BCUT2D eigenvalue weighted by molar-refractivity contribution is -0.137. The molecule has 1 fully saturated rings. The first-order valence-electron chi connectivity index (χ1n) is 6.67. The van der Waals surface area contributed by atoms with Crippen LogP contribution in [0.15, 0.2) is 43.0 Å². The van der Waals surface area contributed by atoms with E-state index >= 15 is 0 Å². The minimum Gasteiger partial charge on any atom is -0.339 e. The number of halogens is 3. The number of alkyl halides is 3. The molecule has 0 aliphatic carbocycles. The molecule has 1 amide bonds. The summed E-state index contributed by atoms with van der Waals surface area (Å²) in [6, 6.07) is 5.20. The van der Waals surface area contributed by atoms with Crippen LogP contribution in [0.5, 0.6) is 0 Å². The highest BCUT2D eigenvalue weighted by molar-refractivity contribution is 5.87. The average molecular weight is 295 g/mol. The zero-order valence-electron chi connectivity index (χ0n) is 11.4. The summed E-state index contributed by atoms with van der Waals surface area (Å²) in [5.41, 5.74) is -0.141. The van der Waals surface area contributed by atoms with E-state index in [1.165, 1.54) is 12.1 Å². The van der Waals surface area contributed by atoms with E-state index in [2.05, 4.69) is 6.58 Å². The second-order valence-corrected chi connectivity index (χ2v) is 5.02. The molecule has 0 saturated carbocycles. The Labute approximate surface area is 121 Å². The average Bonchev–Trinajstić information content (AvgIpc) is 2.92. The predicted octanol–water partition coefficient (Wildman–Crippen LogP) is 3.75. The number of carbonyl (C=O) groups is 1.